The van der Waals surface area contributed by atoms with Crippen molar-refractivity contribution < 1.29 is 14.6 Å². The van der Waals surface area contributed by atoms with Crippen molar-refractivity contribution in [2.75, 3.05) is 20.3 Å². The summed E-state index contributed by atoms with van der Waals surface area (Å²) in [5.41, 5.74) is 6.60. The van der Waals surface area contributed by atoms with E-state index in [1.54, 1.807) is 12.0 Å². The van der Waals surface area contributed by atoms with Crippen molar-refractivity contribution in [3.05, 3.63) is 29.8 Å². The Morgan fingerprint density at radius 2 is 2.15 bits per heavy atom. The number of hydrogen-bond acceptors (Lipinski definition) is 4. The first-order valence-corrected chi connectivity index (χ1v) is 6.84. The third kappa shape index (κ3) is 5.19. The highest BCUT2D eigenvalue weighted by Crippen LogP contribution is 2.19. The molecule has 0 bridgehead atoms. The Kier molecular flexibility index (Phi) is 7.04. The molecule has 1 aromatic carbocycles. The molecule has 112 valence electrons. The van der Waals surface area contributed by atoms with E-state index in [-0.39, 0.29) is 18.6 Å². The van der Waals surface area contributed by atoms with Gasteiger partial charge in [-0.2, -0.15) is 0 Å². The van der Waals surface area contributed by atoms with Gasteiger partial charge < -0.3 is 20.5 Å². The van der Waals surface area contributed by atoms with Crippen molar-refractivity contribution >= 4 is 5.91 Å². The third-order valence-electron chi connectivity index (χ3n) is 3.09. The van der Waals surface area contributed by atoms with E-state index in [9.17, 15) is 4.79 Å². The van der Waals surface area contributed by atoms with Crippen LogP contribution < -0.4 is 10.5 Å². The summed E-state index contributed by atoms with van der Waals surface area (Å²) in [6, 6.07) is 7.57. The number of ether oxygens (including phenoxy) is 1. The van der Waals surface area contributed by atoms with Crippen molar-refractivity contribution in [2.45, 2.75) is 32.4 Å². The quantitative estimate of drug-likeness (QED) is 0.749. The molecule has 0 heterocycles. The smallest absolute Gasteiger partial charge is 0.223 e. The van der Waals surface area contributed by atoms with E-state index in [0.29, 0.717) is 25.9 Å². The summed E-state index contributed by atoms with van der Waals surface area (Å²) >= 11 is 0. The number of aliphatic hydroxyl groups is 1. The molecular formula is C15H24N2O3. The minimum Gasteiger partial charge on any atom is -0.496 e. The Morgan fingerprint density at radius 1 is 1.45 bits per heavy atom. The molecule has 0 spiro atoms. The molecule has 0 saturated carbocycles. The van der Waals surface area contributed by atoms with Crippen LogP contribution in [-0.2, 0) is 11.3 Å². The topological polar surface area (TPSA) is 75.8 Å². The van der Waals surface area contributed by atoms with Gasteiger partial charge in [0.1, 0.15) is 5.75 Å². The third-order valence-corrected chi connectivity index (χ3v) is 3.09. The average molecular weight is 280 g/mol. The number of aliphatic hydroxyl groups excluding tert-OH is 1. The first-order valence-electron chi connectivity index (χ1n) is 6.84. The minimum atomic E-state index is -0.0565. The van der Waals surface area contributed by atoms with Gasteiger partial charge in [0.15, 0.2) is 0 Å². The molecule has 1 rings (SSSR count). The molecule has 0 radical (unpaired) electrons. The summed E-state index contributed by atoms with van der Waals surface area (Å²) in [6.07, 6.45) is 1.04. The summed E-state index contributed by atoms with van der Waals surface area (Å²) in [6.45, 7) is 2.57. The number of carbonyl (C=O) groups is 1. The molecular weight excluding hydrogens is 256 g/mol. The number of benzene rings is 1. The summed E-state index contributed by atoms with van der Waals surface area (Å²) in [7, 11) is 1.60. The van der Waals surface area contributed by atoms with Crippen molar-refractivity contribution in [1.29, 1.82) is 0 Å². The van der Waals surface area contributed by atoms with Crippen LogP contribution in [0.5, 0.6) is 5.75 Å². The average Bonchev–Trinajstić information content (AvgIpc) is 2.44. The molecule has 1 amide bonds. The van der Waals surface area contributed by atoms with Crippen molar-refractivity contribution in [2.24, 2.45) is 5.73 Å². The predicted molar refractivity (Wildman–Crippen MR) is 78.4 cm³/mol. The molecule has 1 unspecified atom stereocenters. The van der Waals surface area contributed by atoms with E-state index in [1.165, 1.54) is 0 Å². The summed E-state index contributed by atoms with van der Waals surface area (Å²) in [4.78, 5) is 13.8. The SMILES string of the molecule is COc1ccccc1CN(CCO)C(=O)CCC(C)N. The fourth-order valence-corrected chi connectivity index (χ4v) is 1.96. The molecule has 0 fully saturated rings. The lowest BCUT2D eigenvalue weighted by Crippen LogP contribution is -2.34. The van der Waals surface area contributed by atoms with Crippen molar-refractivity contribution in [1.82, 2.24) is 4.90 Å². The van der Waals surface area contributed by atoms with Crippen LogP contribution in [0.2, 0.25) is 0 Å². The van der Waals surface area contributed by atoms with Gasteiger partial charge in [0.25, 0.3) is 0 Å². The standard InChI is InChI=1S/C15H24N2O3/c1-12(16)7-8-15(19)17(9-10-18)11-13-5-3-4-6-14(13)20-2/h3-6,12,18H,7-11,16H2,1-2H3. The predicted octanol–water partition coefficient (Wildman–Crippen LogP) is 1.14. The van der Waals surface area contributed by atoms with E-state index >= 15 is 0 Å². The maximum atomic E-state index is 12.2. The van der Waals surface area contributed by atoms with Gasteiger partial charge in [-0.25, -0.2) is 0 Å². The molecule has 0 aliphatic rings. The second kappa shape index (κ2) is 8.55. The number of nitrogens with two attached hydrogens (primary N) is 1. The number of rotatable bonds is 8. The van der Waals surface area contributed by atoms with Crippen LogP contribution in [-0.4, -0.2) is 42.2 Å². The number of methoxy groups -OCH3 is 1. The van der Waals surface area contributed by atoms with Gasteiger partial charge in [0.05, 0.1) is 13.7 Å². The minimum absolute atomic E-state index is 0.00110. The second-order valence-electron chi connectivity index (χ2n) is 4.87. The van der Waals surface area contributed by atoms with E-state index in [1.807, 2.05) is 31.2 Å². The highest BCUT2D eigenvalue weighted by Gasteiger charge is 2.15. The van der Waals surface area contributed by atoms with E-state index in [2.05, 4.69) is 0 Å². The maximum Gasteiger partial charge on any atom is 0.223 e. The maximum absolute atomic E-state index is 12.2. The van der Waals surface area contributed by atoms with E-state index in [0.717, 1.165) is 11.3 Å². The lowest BCUT2D eigenvalue weighted by molar-refractivity contribution is -0.132. The number of carbonyl (C=O) groups excluding carboxylic acids is 1. The molecule has 0 aliphatic heterocycles. The van der Waals surface area contributed by atoms with Gasteiger partial charge in [0, 0.05) is 31.1 Å². The largest absolute Gasteiger partial charge is 0.496 e. The second-order valence-corrected chi connectivity index (χ2v) is 4.87. The highest BCUT2D eigenvalue weighted by molar-refractivity contribution is 5.76. The Bertz CT molecular complexity index is 421. The molecule has 5 heteroatoms. The van der Waals surface area contributed by atoms with Gasteiger partial charge in [-0.3, -0.25) is 4.79 Å². The number of hydrogen-bond donors (Lipinski definition) is 2. The number of amides is 1. The summed E-state index contributed by atoms with van der Waals surface area (Å²) in [5, 5.41) is 9.12. The van der Waals surface area contributed by atoms with Crippen molar-refractivity contribution in [3.63, 3.8) is 0 Å². The molecule has 0 aliphatic carbocycles. The fraction of sp³-hybridized carbons (Fsp3) is 0.533. The normalized spacial score (nSPS) is 12.0. The van der Waals surface area contributed by atoms with Crippen molar-refractivity contribution in [3.8, 4) is 5.75 Å². The Hall–Kier alpha value is -1.59. The van der Waals surface area contributed by atoms with Crippen LogP contribution in [0.25, 0.3) is 0 Å². The first kappa shape index (κ1) is 16.5. The van der Waals surface area contributed by atoms with E-state index in [4.69, 9.17) is 15.6 Å². The van der Waals surface area contributed by atoms with E-state index < -0.39 is 0 Å². The fourth-order valence-electron chi connectivity index (χ4n) is 1.96. The van der Waals surface area contributed by atoms with Gasteiger partial charge >= 0.3 is 0 Å². The number of para-hydroxylation sites is 1. The molecule has 20 heavy (non-hydrogen) atoms. The zero-order chi connectivity index (χ0) is 15.0. The van der Waals surface area contributed by atoms with Crippen LogP contribution in [0, 0.1) is 0 Å². The molecule has 3 N–H and O–H groups in total. The molecule has 1 aromatic rings. The zero-order valence-electron chi connectivity index (χ0n) is 12.2. The Labute approximate surface area is 120 Å². The van der Waals surface area contributed by atoms with Crippen LogP contribution in [0.15, 0.2) is 24.3 Å². The van der Waals surface area contributed by atoms with Crippen LogP contribution in [0.4, 0.5) is 0 Å². The molecule has 1 atom stereocenters. The Balaban J connectivity index is 2.73. The van der Waals surface area contributed by atoms with Gasteiger partial charge in [-0.05, 0) is 19.4 Å². The van der Waals surface area contributed by atoms with Gasteiger partial charge in [0.2, 0.25) is 5.91 Å². The van der Waals surface area contributed by atoms with Crippen LogP contribution >= 0.6 is 0 Å². The van der Waals surface area contributed by atoms with Crippen LogP contribution in [0.1, 0.15) is 25.3 Å². The van der Waals surface area contributed by atoms with Crippen LogP contribution in [0.3, 0.4) is 0 Å². The summed E-state index contributed by atoms with van der Waals surface area (Å²) in [5.74, 6) is 0.748. The monoisotopic (exact) mass is 280 g/mol. The highest BCUT2D eigenvalue weighted by atomic mass is 16.5. The molecule has 0 aromatic heterocycles. The summed E-state index contributed by atoms with van der Waals surface area (Å²) < 4.78 is 5.28. The number of nitrogens with zero attached hydrogens (tertiary/aromatic N) is 1. The lowest BCUT2D eigenvalue weighted by Gasteiger charge is -2.23. The molecule has 5 nitrogen and oxygen atoms in total. The van der Waals surface area contributed by atoms with Gasteiger partial charge in [-0.15, -0.1) is 0 Å². The molecule has 0 saturated heterocycles. The zero-order valence-corrected chi connectivity index (χ0v) is 12.2. The Morgan fingerprint density at radius 3 is 2.75 bits per heavy atom. The lowest BCUT2D eigenvalue weighted by atomic mass is 10.1. The van der Waals surface area contributed by atoms with Gasteiger partial charge in [-0.1, -0.05) is 18.2 Å². The first-order chi connectivity index (χ1) is 9.58.